The maximum atomic E-state index is 11.7. The minimum Gasteiger partial charge on any atom is -0.289 e. The minimum absolute atomic E-state index is 0.397. The van der Waals surface area contributed by atoms with Crippen molar-refractivity contribution in [2.24, 2.45) is 0 Å². The van der Waals surface area contributed by atoms with E-state index < -0.39 is 6.03 Å². The van der Waals surface area contributed by atoms with Crippen molar-refractivity contribution < 1.29 is 4.79 Å². The molecule has 0 aliphatic heterocycles. The first-order valence-corrected chi connectivity index (χ1v) is 7.33. The second-order valence-corrected chi connectivity index (χ2v) is 5.21. The Balaban J connectivity index is 1.86. The van der Waals surface area contributed by atoms with Crippen molar-refractivity contribution in [2.75, 3.05) is 10.6 Å². The van der Waals surface area contributed by atoms with Gasteiger partial charge >= 0.3 is 6.03 Å². The number of amides is 2. The van der Waals surface area contributed by atoms with Crippen LogP contribution in [0.4, 0.5) is 15.7 Å². The van der Waals surface area contributed by atoms with Crippen LogP contribution in [0.2, 0.25) is 0 Å². The van der Waals surface area contributed by atoms with Crippen LogP contribution >= 0.6 is 11.3 Å². The van der Waals surface area contributed by atoms with E-state index in [-0.39, 0.29) is 0 Å². The summed E-state index contributed by atoms with van der Waals surface area (Å²) in [5, 5.41) is 22.2. The number of nitrogens with one attached hydrogen (secondary N) is 2. The van der Waals surface area contributed by atoms with Gasteiger partial charge in [0.05, 0.1) is 6.20 Å². The Morgan fingerprint density at radius 2 is 2.15 bits per heavy atom. The molecule has 2 amide bonds. The molecule has 0 atom stereocenters. The number of carbonyl (C=O) groups is 1. The van der Waals surface area contributed by atoms with Crippen LogP contribution in [0, 0.1) is 0 Å². The third-order valence-electron chi connectivity index (χ3n) is 2.54. The number of aryl methyl sites for hydroxylation is 2. The Bertz CT molecular complexity index is 565. The van der Waals surface area contributed by atoms with Crippen molar-refractivity contribution in [3.8, 4) is 0 Å². The molecule has 8 nitrogen and oxygen atoms in total. The van der Waals surface area contributed by atoms with Crippen LogP contribution in [0.5, 0.6) is 0 Å². The lowest BCUT2D eigenvalue weighted by Gasteiger charge is -2.00. The first-order chi connectivity index (χ1) is 9.71. The van der Waals surface area contributed by atoms with Crippen molar-refractivity contribution in [2.45, 2.75) is 39.7 Å². The van der Waals surface area contributed by atoms with Crippen LogP contribution in [0.15, 0.2) is 6.20 Å². The van der Waals surface area contributed by atoms with Crippen molar-refractivity contribution in [3.63, 3.8) is 0 Å². The maximum absolute atomic E-state index is 11.7. The van der Waals surface area contributed by atoms with Crippen LogP contribution in [0.25, 0.3) is 0 Å². The highest BCUT2D eigenvalue weighted by Gasteiger charge is 2.09. The highest BCUT2D eigenvalue weighted by Crippen LogP contribution is 2.17. The SMILES string of the molecule is CCCCc1nnc(NC(=O)Nc2cn(CC)nn2)s1. The molecule has 2 rings (SSSR count). The Morgan fingerprint density at radius 3 is 2.85 bits per heavy atom. The molecule has 108 valence electrons. The summed E-state index contributed by atoms with van der Waals surface area (Å²) in [6, 6.07) is -0.397. The number of carbonyl (C=O) groups excluding carboxylic acids is 1. The average Bonchev–Trinajstić information content (AvgIpc) is 3.05. The van der Waals surface area contributed by atoms with E-state index in [0.717, 1.165) is 24.3 Å². The zero-order valence-corrected chi connectivity index (χ0v) is 12.3. The third kappa shape index (κ3) is 3.98. The highest BCUT2D eigenvalue weighted by atomic mass is 32.1. The van der Waals surface area contributed by atoms with Gasteiger partial charge in [-0.3, -0.25) is 15.3 Å². The second kappa shape index (κ2) is 6.94. The normalized spacial score (nSPS) is 10.5. The van der Waals surface area contributed by atoms with Crippen LogP contribution in [-0.2, 0) is 13.0 Å². The average molecular weight is 295 g/mol. The van der Waals surface area contributed by atoms with Gasteiger partial charge in [0.15, 0.2) is 5.82 Å². The van der Waals surface area contributed by atoms with Gasteiger partial charge in [0.1, 0.15) is 5.01 Å². The molecule has 2 aromatic rings. The van der Waals surface area contributed by atoms with Crippen molar-refractivity contribution in [1.82, 2.24) is 25.2 Å². The lowest BCUT2D eigenvalue weighted by atomic mass is 10.3. The number of aromatic nitrogens is 5. The number of hydrogen-bond acceptors (Lipinski definition) is 6. The molecular formula is C11H17N7OS. The predicted octanol–water partition coefficient (Wildman–Crippen LogP) is 2.14. The van der Waals surface area contributed by atoms with Crippen LogP contribution in [-0.4, -0.2) is 31.2 Å². The fourth-order valence-corrected chi connectivity index (χ4v) is 2.26. The van der Waals surface area contributed by atoms with Crippen LogP contribution < -0.4 is 10.6 Å². The summed E-state index contributed by atoms with van der Waals surface area (Å²) in [7, 11) is 0. The van der Waals surface area contributed by atoms with Crippen LogP contribution in [0.1, 0.15) is 31.7 Å². The highest BCUT2D eigenvalue weighted by molar-refractivity contribution is 7.15. The fraction of sp³-hybridized carbons (Fsp3) is 0.545. The van der Waals surface area contributed by atoms with Gasteiger partial charge in [-0.15, -0.1) is 15.3 Å². The summed E-state index contributed by atoms with van der Waals surface area (Å²) in [5.41, 5.74) is 0. The van der Waals surface area contributed by atoms with E-state index in [1.807, 2.05) is 6.92 Å². The Labute approximate surface area is 120 Å². The Kier molecular flexibility index (Phi) is 4.99. The number of nitrogens with zero attached hydrogens (tertiary/aromatic N) is 5. The molecule has 9 heteroatoms. The molecule has 0 spiro atoms. The number of unbranched alkanes of at least 4 members (excludes halogenated alkanes) is 1. The van der Waals surface area contributed by atoms with Gasteiger partial charge < -0.3 is 0 Å². The topological polar surface area (TPSA) is 97.6 Å². The van der Waals surface area contributed by atoms with Gasteiger partial charge in [0, 0.05) is 13.0 Å². The molecule has 0 saturated carbocycles. The van der Waals surface area contributed by atoms with Gasteiger partial charge in [0.2, 0.25) is 5.13 Å². The predicted molar refractivity (Wildman–Crippen MR) is 76.9 cm³/mol. The first kappa shape index (κ1) is 14.4. The number of anilines is 2. The van der Waals surface area contributed by atoms with Gasteiger partial charge in [-0.05, 0) is 13.3 Å². The van der Waals surface area contributed by atoms with E-state index in [0.29, 0.717) is 17.5 Å². The fourth-order valence-electron chi connectivity index (χ4n) is 1.49. The lowest BCUT2D eigenvalue weighted by molar-refractivity contribution is 0.262. The molecule has 2 N–H and O–H groups in total. The Hall–Kier alpha value is -2.03. The van der Waals surface area contributed by atoms with Gasteiger partial charge in [-0.25, -0.2) is 4.79 Å². The third-order valence-corrected chi connectivity index (χ3v) is 3.43. The summed E-state index contributed by atoms with van der Waals surface area (Å²) in [6.45, 7) is 4.77. The molecule has 0 unspecified atom stereocenters. The summed E-state index contributed by atoms with van der Waals surface area (Å²) in [5.74, 6) is 0.403. The molecular weight excluding hydrogens is 278 g/mol. The van der Waals surface area contributed by atoms with Gasteiger partial charge in [-0.2, -0.15) is 0 Å². The van der Waals surface area contributed by atoms with E-state index >= 15 is 0 Å². The molecule has 0 aromatic carbocycles. The van der Waals surface area contributed by atoms with Crippen molar-refractivity contribution >= 4 is 28.3 Å². The number of rotatable bonds is 6. The zero-order valence-electron chi connectivity index (χ0n) is 11.5. The molecule has 2 aromatic heterocycles. The summed E-state index contributed by atoms with van der Waals surface area (Å²) in [6.07, 6.45) is 4.73. The van der Waals surface area contributed by atoms with Gasteiger partial charge in [0.25, 0.3) is 0 Å². The van der Waals surface area contributed by atoms with Crippen LogP contribution in [0.3, 0.4) is 0 Å². The number of hydrogen-bond donors (Lipinski definition) is 2. The lowest BCUT2D eigenvalue weighted by Crippen LogP contribution is -2.19. The molecule has 2 heterocycles. The maximum Gasteiger partial charge on any atom is 0.326 e. The van der Waals surface area contributed by atoms with E-state index in [2.05, 4.69) is 38.1 Å². The molecule has 0 saturated heterocycles. The first-order valence-electron chi connectivity index (χ1n) is 6.51. The molecule has 20 heavy (non-hydrogen) atoms. The molecule has 0 radical (unpaired) electrons. The van der Waals surface area contributed by atoms with E-state index in [1.54, 1.807) is 10.9 Å². The van der Waals surface area contributed by atoms with E-state index in [9.17, 15) is 4.79 Å². The van der Waals surface area contributed by atoms with Crippen molar-refractivity contribution in [3.05, 3.63) is 11.2 Å². The largest absolute Gasteiger partial charge is 0.326 e. The van der Waals surface area contributed by atoms with Crippen molar-refractivity contribution in [1.29, 1.82) is 0 Å². The van der Waals surface area contributed by atoms with E-state index in [4.69, 9.17) is 0 Å². The standard InChI is InChI=1S/C11H17N7OS/c1-3-5-6-9-15-16-11(20-9)13-10(19)12-8-7-18(4-2)17-14-8/h7H,3-6H2,1-2H3,(H2,12,13,16,19). The summed E-state index contributed by atoms with van der Waals surface area (Å²) < 4.78 is 1.63. The molecule has 0 aliphatic rings. The van der Waals surface area contributed by atoms with E-state index in [1.165, 1.54) is 11.3 Å². The smallest absolute Gasteiger partial charge is 0.289 e. The molecule has 0 fully saturated rings. The monoisotopic (exact) mass is 295 g/mol. The molecule has 0 bridgehead atoms. The summed E-state index contributed by atoms with van der Waals surface area (Å²) in [4.78, 5) is 11.7. The Morgan fingerprint density at radius 1 is 1.30 bits per heavy atom. The second-order valence-electron chi connectivity index (χ2n) is 4.14. The molecule has 0 aliphatic carbocycles. The number of urea groups is 1. The summed E-state index contributed by atoms with van der Waals surface area (Å²) >= 11 is 1.39. The van der Waals surface area contributed by atoms with Gasteiger partial charge in [-0.1, -0.05) is 29.9 Å². The zero-order chi connectivity index (χ0) is 14.4. The minimum atomic E-state index is -0.397. The quantitative estimate of drug-likeness (QED) is 0.850.